The minimum Gasteiger partial charge on any atom is -0.493 e. The molecule has 8 heteroatoms. The first-order chi connectivity index (χ1) is 13.4. The second kappa shape index (κ2) is 7.99. The van der Waals surface area contributed by atoms with E-state index in [1.165, 1.54) is 20.3 Å². The molecule has 1 atom stereocenters. The number of aromatic nitrogens is 1. The van der Waals surface area contributed by atoms with Crippen molar-refractivity contribution in [3.8, 4) is 11.5 Å². The number of fused-ring (bicyclic) bond motifs is 1. The molecule has 2 aromatic heterocycles. The zero-order valence-corrected chi connectivity index (χ0v) is 15.7. The van der Waals surface area contributed by atoms with E-state index >= 15 is 0 Å². The Hall–Kier alpha value is -3.55. The number of amides is 1. The predicted octanol–water partition coefficient (Wildman–Crippen LogP) is 3.10. The summed E-state index contributed by atoms with van der Waals surface area (Å²) in [5.41, 5.74) is 2.41. The molecule has 146 valence electrons. The van der Waals surface area contributed by atoms with E-state index in [0.29, 0.717) is 28.2 Å². The Balaban J connectivity index is 1.89. The van der Waals surface area contributed by atoms with E-state index in [-0.39, 0.29) is 12.2 Å². The van der Waals surface area contributed by atoms with Gasteiger partial charge in [-0.15, -0.1) is 0 Å². The van der Waals surface area contributed by atoms with Crippen LogP contribution in [0, 0.1) is 6.92 Å². The molecule has 1 aromatic carbocycles. The fourth-order valence-electron chi connectivity index (χ4n) is 2.86. The minimum atomic E-state index is -1.05. The number of ether oxygens (including phenoxy) is 2. The van der Waals surface area contributed by atoms with Crippen LogP contribution in [-0.4, -0.2) is 36.2 Å². The Bertz CT molecular complexity index is 1030. The van der Waals surface area contributed by atoms with E-state index in [1.807, 2.05) is 6.92 Å². The van der Waals surface area contributed by atoms with Crippen molar-refractivity contribution in [3.63, 3.8) is 0 Å². The summed E-state index contributed by atoms with van der Waals surface area (Å²) in [6, 6.07) is 9.23. The molecule has 8 nitrogen and oxygen atoms in total. The normalized spacial score (nSPS) is 11.8. The van der Waals surface area contributed by atoms with Gasteiger partial charge in [0.15, 0.2) is 22.8 Å². The third-order valence-electron chi connectivity index (χ3n) is 4.23. The van der Waals surface area contributed by atoms with Crippen molar-refractivity contribution >= 4 is 23.0 Å². The quantitative estimate of drug-likeness (QED) is 0.644. The van der Waals surface area contributed by atoms with Gasteiger partial charge in [-0.3, -0.25) is 9.59 Å². The zero-order chi connectivity index (χ0) is 20.3. The molecule has 0 spiro atoms. The van der Waals surface area contributed by atoms with E-state index in [9.17, 15) is 14.7 Å². The van der Waals surface area contributed by atoms with Gasteiger partial charge < -0.3 is 24.3 Å². The van der Waals surface area contributed by atoms with E-state index in [2.05, 4.69) is 10.3 Å². The first-order valence-electron chi connectivity index (χ1n) is 8.53. The average Bonchev–Trinajstić information content (AvgIpc) is 3.09. The van der Waals surface area contributed by atoms with Gasteiger partial charge in [0, 0.05) is 11.8 Å². The summed E-state index contributed by atoms with van der Waals surface area (Å²) in [5.74, 6) is -0.582. The number of benzene rings is 1. The molecular weight excluding hydrogens is 364 g/mol. The maximum Gasteiger partial charge on any atom is 0.305 e. The highest BCUT2D eigenvalue weighted by atomic mass is 16.5. The lowest BCUT2D eigenvalue weighted by Gasteiger charge is -2.18. The van der Waals surface area contributed by atoms with Crippen LogP contribution >= 0.6 is 0 Å². The number of methoxy groups -OCH3 is 2. The number of nitrogens with one attached hydrogen (secondary N) is 1. The number of carbonyl (C=O) groups is 2. The van der Waals surface area contributed by atoms with Crippen LogP contribution in [0.4, 0.5) is 0 Å². The topological polar surface area (TPSA) is 111 Å². The Kier molecular flexibility index (Phi) is 5.49. The third kappa shape index (κ3) is 4.06. The van der Waals surface area contributed by atoms with Crippen LogP contribution < -0.4 is 14.8 Å². The summed E-state index contributed by atoms with van der Waals surface area (Å²) in [5, 5.41) is 12.0. The molecule has 0 saturated heterocycles. The summed E-state index contributed by atoms with van der Waals surface area (Å²) in [6.45, 7) is 1.84. The van der Waals surface area contributed by atoms with Crippen molar-refractivity contribution in [2.24, 2.45) is 0 Å². The van der Waals surface area contributed by atoms with Gasteiger partial charge in [0.05, 0.1) is 26.7 Å². The van der Waals surface area contributed by atoms with Crippen molar-refractivity contribution in [1.82, 2.24) is 10.3 Å². The lowest BCUT2D eigenvalue weighted by atomic mass is 10.0. The van der Waals surface area contributed by atoms with Gasteiger partial charge in [-0.1, -0.05) is 6.07 Å². The number of carboxylic acids is 1. The number of hydrogen-bond acceptors (Lipinski definition) is 6. The molecule has 28 heavy (non-hydrogen) atoms. The Labute approximate surface area is 161 Å². The van der Waals surface area contributed by atoms with Crippen molar-refractivity contribution in [1.29, 1.82) is 0 Å². The predicted molar refractivity (Wildman–Crippen MR) is 101 cm³/mol. The maximum atomic E-state index is 12.7. The standard InChI is InChI=1S/C20H20N2O6/c1-11-4-6-15-14(21-11)9-18(28-15)20(25)22-13(10-19(23)24)12-5-7-16(26-2)17(8-12)27-3/h4-9,13H,10H2,1-3H3,(H,22,25)(H,23,24). The van der Waals surface area contributed by atoms with Gasteiger partial charge in [-0.2, -0.15) is 0 Å². The summed E-state index contributed by atoms with van der Waals surface area (Å²) in [6.07, 6.45) is -0.307. The number of furan rings is 1. The molecule has 0 aliphatic heterocycles. The maximum absolute atomic E-state index is 12.7. The third-order valence-corrected chi connectivity index (χ3v) is 4.23. The van der Waals surface area contributed by atoms with Gasteiger partial charge in [0.2, 0.25) is 0 Å². The number of carboxylic acid groups (broad SMARTS) is 1. The van der Waals surface area contributed by atoms with Gasteiger partial charge >= 0.3 is 5.97 Å². The zero-order valence-electron chi connectivity index (χ0n) is 15.7. The monoisotopic (exact) mass is 384 g/mol. The number of carbonyl (C=O) groups excluding carboxylic acids is 1. The van der Waals surface area contributed by atoms with Crippen LogP contribution in [0.2, 0.25) is 0 Å². The second-order valence-electron chi connectivity index (χ2n) is 6.18. The van der Waals surface area contributed by atoms with Crippen molar-refractivity contribution < 1.29 is 28.6 Å². The molecular formula is C20H20N2O6. The fourth-order valence-corrected chi connectivity index (χ4v) is 2.86. The minimum absolute atomic E-state index is 0.0592. The Morgan fingerprint density at radius 3 is 2.57 bits per heavy atom. The van der Waals surface area contributed by atoms with E-state index in [1.54, 1.807) is 30.3 Å². The number of aryl methyl sites for hydroxylation is 1. The summed E-state index contributed by atoms with van der Waals surface area (Å²) >= 11 is 0. The molecule has 0 saturated carbocycles. The molecule has 2 heterocycles. The fraction of sp³-hybridized carbons (Fsp3) is 0.250. The lowest BCUT2D eigenvalue weighted by Crippen LogP contribution is -2.30. The molecule has 0 radical (unpaired) electrons. The van der Waals surface area contributed by atoms with Crippen molar-refractivity contribution in [3.05, 3.63) is 53.4 Å². The number of hydrogen-bond donors (Lipinski definition) is 2. The molecule has 0 bridgehead atoms. The molecule has 3 aromatic rings. The summed E-state index contributed by atoms with van der Waals surface area (Å²) in [7, 11) is 2.99. The van der Waals surface area contributed by atoms with Crippen LogP contribution in [0.15, 0.2) is 40.8 Å². The number of pyridine rings is 1. The van der Waals surface area contributed by atoms with Crippen molar-refractivity contribution in [2.45, 2.75) is 19.4 Å². The van der Waals surface area contributed by atoms with Gasteiger partial charge in [-0.05, 0) is 36.8 Å². The number of aliphatic carboxylic acids is 1. The van der Waals surface area contributed by atoms with Crippen LogP contribution in [0.5, 0.6) is 11.5 Å². The first kappa shape index (κ1) is 19.2. The van der Waals surface area contributed by atoms with Gasteiger partial charge in [0.25, 0.3) is 5.91 Å². The Morgan fingerprint density at radius 2 is 1.89 bits per heavy atom. The summed E-state index contributed by atoms with van der Waals surface area (Å²) < 4.78 is 16.0. The SMILES string of the molecule is COc1ccc(C(CC(=O)O)NC(=O)c2cc3nc(C)ccc3o2)cc1OC. The molecule has 0 fully saturated rings. The van der Waals surface area contributed by atoms with Gasteiger partial charge in [-0.25, -0.2) is 4.98 Å². The van der Waals surface area contributed by atoms with Crippen LogP contribution in [0.1, 0.15) is 34.3 Å². The molecule has 2 N–H and O–H groups in total. The van der Waals surface area contributed by atoms with Crippen LogP contribution in [0.3, 0.4) is 0 Å². The van der Waals surface area contributed by atoms with Crippen LogP contribution in [-0.2, 0) is 4.79 Å². The van der Waals surface area contributed by atoms with Crippen LogP contribution in [0.25, 0.3) is 11.1 Å². The largest absolute Gasteiger partial charge is 0.493 e. The Morgan fingerprint density at radius 1 is 1.14 bits per heavy atom. The first-order valence-corrected chi connectivity index (χ1v) is 8.53. The molecule has 0 aliphatic rings. The average molecular weight is 384 g/mol. The van der Waals surface area contributed by atoms with Crippen molar-refractivity contribution in [2.75, 3.05) is 14.2 Å². The molecule has 1 unspecified atom stereocenters. The van der Waals surface area contributed by atoms with E-state index in [4.69, 9.17) is 13.9 Å². The number of nitrogens with zero attached hydrogens (tertiary/aromatic N) is 1. The highest BCUT2D eigenvalue weighted by Crippen LogP contribution is 2.31. The highest BCUT2D eigenvalue weighted by molar-refractivity contribution is 5.95. The molecule has 0 aliphatic carbocycles. The summed E-state index contributed by atoms with van der Waals surface area (Å²) in [4.78, 5) is 28.3. The van der Waals surface area contributed by atoms with E-state index < -0.39 is 17.9 Å². The second-order valence-corrected chi connectivity index (χ2v) is 6.18. The van der Waals surface area contributed by atoms with E-state index in [0.717, 1.165) is 5.69 Å². The highest BCUT2D eigenvalue weighted by Gasteiger charge is 2.22. The lowest BCUT2D eigenvalue weighted by molar-refractivity contribution is -0.137. The van der Waals surface area contributed by atoms with Gasteiger partial charge in [0.1, 0.15) is 5.52 Å². The molecule has 1 amide bonds. The smallest absolute Gasteiger partial charge is 0.305 e. The number of rotatable bonds is 7. The molecule has 3 rings (SSSR count).